The number of allylic oxidation sites excluding steroid dienone is 1. The first-order valence-corrected chi connectivity index (χ1v) is 10.5. The Kier molecular flexibility index (Phi) is 5.54. The van der Waals surface area contributed by atoms with Gasteiger partial charge < -0.3 is 11.1 Å². The number of para-hydroxylation sites is 1. The molecule has 0 radical (unpaired) electrons. The average Bonchev–Trinajstić information content (AvgIpc) is 3.18. The van der Waals surface area contributed by atoms with Crippen LogP contribution in [0.5, 0.6) is 0 Å². The quantitative estimate of drug-likeness (QED) is 0.264. The van der Waals surface area contributed by atoms with Crippen molar-refractivity contribution in [2.45, 2.75) is 17.5 Å². The van der Waals surface area contributed by atoms with Crippen molar-refractivity contribution in [3.05, 3.63) is 70.6 Å². The highest BCUT2D eigenvalue weighted by atomic mass is 32.2. The molecule has 1 aromatic carbocycles. The van der Waals surface area contributed by atoms with E-state index < -0.39 is 0 Å². The van der Waals surface area contributed by atoms with Gasteiger partial charge in [0, 0.05) is 12.2 Å². The van der Waals surface area contributed by atoms with E-state index in [4.69, 9.17) is 5.73 Å². The van der Waals surface area contributed by atoms with Gasteiger partial charge in [0.1, 0.15) is 10.7 Å². The smallest absolute Gasteiger partial charge is 0.263 e. The molecule has 0 fully saturated rings. The van der Waals surface area contributed by atoms with Crippen LogP contribution in [-0.4, -0.2) is 24.5 Å². The Morgan fingerprint density at radius 2 is 2.00 bits per heavy atom. The second-order valence-corrected chi connectivity index (χ2v) is 7.79. The van der Waals surface area contributed by atoms with Crippen molar-refractivity contribution in [2.24, 2.45) is 0 Å². The molecule has 0 amide bonds. The first-order chi connectivity index (χ1) is 14.1. The van der Waals surface area contributed by atoms with Gasteiger partial charge in [-0.2, -0.15) is 15.0 Å². The standard InChI is InChI=1S/C19H17N7OS2/c1-2-9-26-16(27)13-8-10-28-15(13)24-19(26)29-11-14-22-17(20)25-18(23-14)21-12-6-4-3-5-7-12/h2-8,10H,1,9,11H2,(H3,20,21,22,23,25). The third-order valence-corrected chi connectivity index (χ3v) is 5.70. The number of hydrogen-bond donors (Lipinski definition) is 2. The Labute approximate surface area is 174 Å². The Hall–Kier alpha value is -3.24. The summed E-state index contributed by atoms with van der Waals surface area (Å²) in [6, 6.07) is 11.3. The van der Waals surface area contributed by atoms with Gasteiger partial charge in [-0.25, -0.2) is 4.98 Å². The minimum Gasteiger partial charge on any atom is -0.368 e. The van der Waals surface area contributed by atoms with Crippen molar-refractivity contribution in [3.8, 4) is 0 Å². The fourth-order valence-electron chi connectivity index (χ4n) is 2.67. The largest absolute Gasteiger partial charge is 0.368 e. The second-order valence-electron chi connectivity index (χ2n) is 5.95. The molecule has 3 heterocycles. The Balaban J connectivity index is 1.60. The van der Waals surface area contributed by atoms with Gasteiger partial charge >= 0.3 is 0 Å². The highest BCUT2D eigenvalue weighted by Crippen LogP contribution is 2.24. The molecule has 0 aliphatic rings. The van der Waals surface area contributed by atoms with E-state index in [9.17, 15) is 4.79 Å². The Morgan fingerprint density at radius 3 is 2.79 bits per heavy atom. The first kappa shape index (κ1) is 19.1. The molecule has 0 saturated carbocycles. The molecule has 3 aromatic heterocycles. The molecule has 10 heteroatoms. The van der Waals surface area contributed by atoms with Crippen LogP contribution in [0.15, 0.2) is 64.4 Å². The maximum absolute atomic E-state index is 12.7. The number of nitrogen functional groups attached to an aromatic ring is 1. The number of rotatable bonds is 7. The van der Waals surface area contributed by atoms with Crippen LogP contribution in [0.4, 0.5) is 17.6 Å². The molecule has 0 aliphatic carbocycles. The predicted octanol–water partition coefficient (Wildman–Crippen LogP) is 3.45. The molecular formula is C19H17N7OS2. The van der Waals surface area contributed by atoms with E-state index in [0.717, 1.165) is 5.69 Å². The van der Waals surface area contributed by atoms with E-state index in [1.54, 1.807) is 16.7 Å². The van der Waals surface area contributed by atoms with Crippen molar-refractivity contribution >= 4 is 50.9 Å². The summed E-state index contributed by atoms with van der Waals surface area (Å²) in [5.74, 6) is 1.37. The van der Waals surface area contributed by atoms with Gasteiger partial charge in [-0.05, 0) is 23.6 Å². The van der Waals surface area contributed by atoms with Crippen molar-refractivity contribution in [2.75, 3.05) is 11.1 Å². The molecule has 4 aromatic rings. The highest BCUT2D eigenvalue weighted by molar-refractivity contribution is 7.98. The monoisotopic (exact) mass is 423 g/mol. The number of benzene rings is 1. The van der Waals surface area contributed by atoms with Crippen LogP contribution in [0, 0.1) is 0 Å². The summed E-state index contributed by atoms with van der Waals surface area (Å²) < 4.78 is 1.60. The van der Waals surface area contributed by atoms with Gasteiger partial charge in [0.05, 0.1) is 11.1 Å². The molecule has 8 nitrogen and oxygen atoms in total. The van der Waals surface area contributed by atoms with E-state index >= 15 is 0 Å². The Bertz CT molecular complexity index is 1220. The average molecular weight is 424 g/mol. The number of thiophene rings is 1. The molecule has 29 heavy (non-hydrogen) atoms. The molecule has 0 unspecified atom stereocenters. The number of nitrogens with two attached hydrogens (primary N) is 1. The van der Waals surface area contributed by atoms with E-state index in [1.165, 1.54) is 23.1 Å². The number of nitrogens with one attached hydrogen (secondary N) is 1. The third kappa shape index (κ3) is 4.28. The summed E-state index contributed by atoms with van der Waals surface area (Å²) in [4.78, 5) is 30.8. The summed E-state index contributed by atoms with van der Waals surface area (Å²) in [5, 5.41) is 6.17. The van der Waals surface area contributed by atoms with Gasteiger partial charge in [0.2, 0.25) is 11.9 Å². The summed E-state index contributed by atoms with van der Waals surface area (Å²) in [7, 11) is 0. The minimum atomic E-state index is -0.0831. The van der Waals surface area contributed by atoms with Gasteiger partial charge in [-0.1, -0.05) is 36.0 Å². The molecule has 146 valence electrons. The van der Waals surface area contributed by atoms with Crippen molar-refractivity contribution in [1.82, 2.24) is 24.5 Å². The van der Waals surface area contributed by atoms with Crippen LogP contribution in [0.2, 0.25) is 0 Å². The Morgan fingerprint density at radius 1 is 1.17 bits per heavy atom. The van der Waals surface area contributed by atoms with Crippen LogP contribution >= 0.6 is 23.1 Å². The number of hydrogen-bond acceptors (Lipinski definition) is 9. The fourth-order valence-corrected chi connectivity index (χ4v) is 4.34. The van der Waals surface area contributed by atoms with E-state index in [2.05, 4.69) is 31.8 Å². The van der Waals surface area contributed by atoms with Crippen LogP contribution < -0.4 is 16.6 Å². The lowest BCUT2D eigenvalue weighted by Crippen LogP contribution is -2.22. The van der Waals surface area contributed by atoms with E-state index in [0.29, 0.717) is 39.4 Å². The first-order valence-electron chi connectivity index (χ1n) is 8.68. The predicted molar refractivity (Wildman–Crippen MR) is 118 cm³/mol. The topological polar surface area (TPSA) is 112 Å². The van der Waals surface area contributed by atoms with Gasteiger partial charge in [-0.3, -0.25) is 9.36 Å². The fraction of sp³-hybridized carbons (Fsp3) is 0.105. The molecule has 0 bridgehead atoms. The molecule has 0 spiro atoms. The maximum atomic E-state index is 12.7. The lowest BCUT2D eigenvalue weighted by Gasteiger charge is -2.10. The molecular weight excluding hydrogens is 406 g/mol. The van der Waals surface area contributed by atoms with Crippen LogP contribution in [0.1, 0.15) is 5.82 Å². The molecule has 0 aliphatic heterocycles. The number of anilines is 3. The van der Waals surface area contributed by atoms with Crippen molar-refractivity contribution in [1.29, 1.82) is 0 Å². The molecule has 0 saturated heterocycles. The summed E-state index contributed by atoms with van der Waals surface area (Å²) in [6.45, 7) is 4.11. The molecule has 0 atom stereocenters. The molecule has 4 rings (SSSR count). The third-order valence-electron chi connectivity index (χ3n) is 3.92. The van der Waals surface area contributed by atoms with Gasteiger partial charge in [0.15, 0.2) is 5.16 Å². The zero-order valence-electron chi connectivity index (χ0n) is 15.3. The summed E-state index contributed by atoms with van der Waals surface area (Å²) in [5.41, 5.74) is 6.62. The number of fused-ring (bicyclic) bond motifs is 1. The molecule has 3 N–H and O–H groups in total. The normalized spacial score (nSPS) is 10.9. The number of aromatic nitrogens is 5. The zero-order valence-corrected chi connectivity index (χ0v) is 16.9. The van der Waals surface area contributed by atoms with Gasteiger partial charge in [-0.15, -0.1) is 17.9 Å². The highest BCUT2D eigenvalue weighted by Gasteiger charge is 2.13. The zero-order chi connectivity index (χ0) is 20.2. The second kappa shape index (κ2) is 8.41. The van der Waals surface area contributed by atoms with E-state index in [-0.39, 0.29) is 11.5 Å². The summed E-state index contributed by atoms with van der Waals surface area (Å²) >= 11 is 2.81. The SMILES string of the molecule is C=CCn1c(SCc2nc(N)nc(Nc3ccccc3)n2)nc2sccc2c1=O. The van der Waals surface area contributed by atoms with Gasteiger partial charge in [0.25, 0.3) is 5.56 Å². The lowest BCUT2D eigenvalue weighted by atomic mass is 10.3. The van der Waals surface area contributed by atoms with Crippen molar-refractivity contribution in [3.63, 3.8) is 0 Å². The number of nitrogens with zero attached hydrogens (tertiary/aromatic N) is 5. The van der Waals surface area contributed by atoms with Crippen LogP contribution in [-0.2, 0) is 12.3 Å². The van der Waals surface area contributed by atoms with Crippen molar-refractivity contribution < 1.29 is 0 Å². The summed E-state index contributed by atoms with van der Waals surface area (Å²) in [6.07, 6.45) is 1.67. The van der Waals surface area contributed by atoms with Crippen LogP contribution in [0.25, 0.3) is 10.2 Å². The minimum absolute atomic E-state index is 0.0831. The lowest BCUT2D eigenvalue weighted by molar-refractivity contribution is 0.672. The maximum Gasteiger partial charge on any atom is 0.263 e. The van der Waals surface area contributed by atoms with Crippen LogP contribution in [0.3, 0.4) is 0 Å². The van der Waals surface area contributed by atoms with E-state index in [1.807, 2.05) is 35.7 Å². The number of thioether (sulfide) groups is 1.